The number of aromatic hydroxyl groups is 1. The Bertz CT molecular complexity index is 816. The Morgan fingerprint density at radius 1 is 1.08 bits per heavy atom. The fourth-order valence-electron chi connectivity index (χ4n) is 2.90. The monoisotopic (exact) mass is 376 g/mol. The topological polar surface area (TPSA) is 87.7 Å². The van der Waals surface area contributed by atoms with Crippen LogP contribution in [0.4, 0.5) is 0 Å². The quantitative estimate of drug-likeness (QED) is 0.657. The molecule has 0 bridgehead atoms. The maximum absolute atomic E-state index is 12.3. The second-order valence-corrected chi connectivity index (χ2v) is 8.17. The molecule has 6 nitrogen and oxygen atoms in total. The molecular formula is C19H24N2O4S. The van der Waals surface area contributed by atoms with Gasteiger partial charge in [-0.2, -0.15) is 0 Å². The van der Waals surface area contributed by atoms with Crippen LogP contribution in [0, 0.1) is 0 Å². The van der Waals surface area contributed by atoms with Crippen LogP contribution in [0.25, 0.3) is 0 Å². The standard InChI is InChI=1S/C19H24N2O4S/c22-17-4-1-3-16(11-17)13-20-12-15-6-8-19(9-7-15)26(23,24)21-14-18-5-2-10-25-18/h1,3-4,6-9,11,18,20-22H,2,5,10,12-14H2. The lowest BCUT2D eigenvalue weighted by Gasteiger charge is -2.12. The minimum absolute atomic E-state index is 0.0225. The van der Waals surface area contributed by atoms with Gasteiger partial charge < -0.3 is 15.2 Å². The number of rotatable bonds is 8. The van der Waals surface area contributed by atoms with Crippen LogP contribution >= 0.6 is 0 Å². The van der Waals surface area contributed by atoms with Crippen molar-refractivity contribution in [2.24, 2.45) is 0 Å². The molecule has 1 aliphatic heterocycles. The van der Waals surface area contributed by atoms with Gasteiger partial charge in [-0.3, -0.25) is 0 Å². The molecule has 1 fully saturated rings. The molecule has 2 aromatic carbocycles. The fourth-order valence-corrected chi connectivity index (χ4v) is 3.96. The number of benzene rings is 2. The molecule has 1 atom stereocenters. The van der Waals surface area contributed by atoms with Gasteiger partial charge in [-0.1, -0.05) is 24.3 Å². The number of nitrogens with one attached hydrogen (secondary N) is 2. The number of sulfonamides is 1. The van der Waals surface area contributed by atoms with Crippen molar-refractivity contribution >= 4 is 10.0 Å². The lowest BCUT2D eigenvalue weighted by molar-refractivity contribution is 0.114. The molecule has 0 spiro atoms. The van der Waals surface area contributed by atoms with Crippen LogP contribution in [0.5, 0.6) is 5.75 Å². The first-order chi connectivity index (χ1) is 12.5. The highest BCUT2D eigenvalue weighted by Gasteiger charge is 2.20. The molecule has 140 valence electrons. The van der Waals surface area contributed by atoms with Gasteiger partial charge in [0, 0.05) is 26.2 Å². The lowest BCUT2D eigenvalue weighted by atomic mass is 10.2. The fraction of sp³-hybridized carbons (Fsp3) is 0.368. The lowest BCUT2D eigenvalue weighted by Crippen LogP contribution is -2.31. The molecule has 0 radical (unpaired) electrons. The molecule has 1 saturated heterocycles. The summed E-state index contributed by atoms with van der Waals surface area (Å²) in [5, 5.41) is 12.7. The maximum Gasteiger partial charge on any atom is 0.240 e. The highest BCUT2D eigenvalue weighted by Crippen LogP contribution is 2.14. The average molecular weight is 376 g/mol. The Hall–Kier alpha value is -1.93. The largest absolute Gasteiger partial charge is 0.508 e. The van der Waals surface area contributed by atoms with Crippen LogP contribution in [0.3, 0.4) is 0 Å². The van der Waals surface area contributed by atoms with Crippen LogP contribution in [0.15, 0.2) is 53.4 Å². The molecule has 1 heterocycles. The molecule has 0 aliphatic carbocycles. The number of phenolic OH excluding ortho intramolecular Hbond substituents is 1. The zero-order chi connectivity index (χ0) is 18.4. The first-order valence-electron chi connectivity index (χ1n) is 8.72. The van der Waals surface area contributed by atoms with E-state index in [1.54, 1.807) is 42.5 Å². The number of hydrogen-bond acceptors (Lipinski definition) is 5. The van der Waals surface area contributed by atoms with Gasteiger partial charge in [0.05, 0.1) is 11.0 Å². The summed E-state index contributed by atoms with van der Waals surface area (Å²) < 4.78 is 32.7. The zero-order valence-corrected chi connectivity index (χ0v) is 15.3. The smallest absolute Gasteiger partial charge is 0.240 e. The molecule has 0 saturated carbocycles. The van der Waals surface area contributed by atoms with Crippen molar-refractivity contribution in [2.75, 3.05) is 13.2 Å². The second kappa shape index (κ2) is 8.64. The van der Waals surface area contributed by atoms with E-state index in [4.69, 9.17) is 4.74 Å². The zero-order valence-electron chi connectivity index (χ0n) is 14.5. The summed E-state index contributed by atoms with van der Waals surface area (Å²) in [6, 6.07) is 13.9. The third kappa shape index (κ3) is 5.28. The van der Waals surface area contributed by atoms with Crippen LogP contribution in [0.2, 0.25) is 0 Å². The molecule has 0 amide bonds. The SMILES string of the molecule is O=S(=O)(NCC1CCCO1)c1ccc(CNCc2cccc(O)c2)cc1. The average Bonchev–Trinajstić information content (AvgIpc) is 3.14. The number of phenols is 1. The molecule has 3 N–H and O–H groups in total. The maximum atomic E-state index is 12.3. The van der Waals surface area contributed by atoms with Gasteiger partial charge in [0.25, 0.3) is 0 Å². The van der Waals surface area contributed by atoms with Gasteiger partial charge in [0.15, 0.2) is 0 Å². The Kier molecular flexibility index (Phi) is 6.26. The molecule has 1 aliphatic rings. The van der Waals surface area contributed by atoms with E-state index in [-0.39, 0.29) is 16.7 Å². The Morgan fingerprint density at radius 3 is 2.54 bits per heavy atom. The molecule has 0 aromatic heterocycles. The predicted molar refractivity (Wildman–Crippen MR) is 99.3 cm³/mol. The van der Waals surface area contributed by atoms with Crippen molar-refractivity contribution < 1.29 is 18.3 Å². The number of hydrogen-bond donors (Lipinski definition) is 3. The van der Waals surface area contributed by atoms with E-state index >= 15 is 0 Å². The molecule has 3 rings (SSSR count). The molecule has 1 unspecified atom stereocenters. The van der Waals surface area contributed by atoms with Gasteiger partial charge in [-0.05, 0) is 48.2 Å². The van der Waals surface area contributed by atoms with Gasteiger partial charge in [-0.25, -0.2) is 13.1 Å². The second-order valence-electron chi connectivity index (χ2n) is 6.40. The van der Waals surface area contributed by atoms with Gasteiger partial charge in [0.1, 0.15) is 5.75 Å². The van der Waals surface area contributed by atoms with Crippen LogP contribution in [-0.4, -0.2) is 32.8 Å². The molecule has 26 heavy (non-hydrogen) atoms. The van der Waals surface area contributed by atoms with E-state index in [9.17, 15) is 13.5 Å². The Morgan fingerprint density at radius 2 is 1.85 bits per heavy atom. The Labute approximate surface area is 154 Å². The van der Waals surface area contributed by atoms with Crippen LogP contribution < -0.4 is 10.0 Å². The van der Waals surface area contributed by atoms with E-state index in [1.165, 1.54) is 0 Å². The third-order valence-electron chi connectivity index (χ3n) is 4.33. The molecule has 2 aromatic rings. The van der Waals surface area contributed by atoms with Gasteiger partial charge >= 0.3 is 0 Å². The van der Waals surface area contributed by atoms with E-state index in [1.807, 2.05) is 6.07 Å². The highest BCUT2D eigenvalue weighted by molar-refractivity contribution is 7.89. The minimum Gasteiger partial charge on any atom is -0.508 e. The molecule has 7 heteroatoms. The van der Waals surface area contributed by atoms with E-state index in [0.717, 1.165) is 24.0 Å². The summed E-state index contributed by atoms with van der Waals surface area (Å²) in [6.07, 6.45) is 1.86. The van der Waals surface area contributed by atoms with Crippen LogP contribution in [-0.2, 0) is 27.8 Å². The minimum atomic E-state index is -3.51. The van der Waals surface area contributed by atoms with Crippen molar-refractivity contribution in [3.05, 3.63) is 59.7 Å². The summed E-state index contributed by atoms with van der Waals surface area (Å²) in [6.45, 7) is 2.25. The summed E-state index contributed by atoms with van der Waals surface area (Å²) in [5.74, 6) is 0.245. The first kappa shape index (κ1) is 18.8. The highest BCUT2D eigenvalue weighted by atomic mass is 32.2. The predicted octanol–water partition coefficient (Wildman–Crippen LogP) is 2.14. The van der Waals surface area contributed by atoms with Crippen molar-refractivity contribution in [2.45, 2.75) is 36.9 Å². The van der Waals surface area contributed by atoms with E-state index in [0.29, 0.717) is 26.2 Å². The van der Waals surface area contributed by atoms with Crippen molar-refractivity contribution in [3.63, 3.8) is 0 Å². The van der Waals surface area contributed by atoms with E-state index < -0.39 is 10.0 Å². The summed E-state index contributed by atoms with van der Waals surface area (Å²) in [5.41, 5.74) is 1.98. The van der Waals surface area contributed by atoms with Crippen LogP contribution in [0.1, 0.15) is 24.0 Å². The van der Waals surface area contributed by atoms with Gasteiger partial charge in [0.2, 0.25) is 10.0 Å². The van der Waals surface area contributed by atoms with Crippen molar-refractivity contribution in [1.82, 2.24) is 10.0 Å². The third-order valence-corrected chi connectivity index (χ3v) is 5.77. The Balaban J connectivity index is 1.50. The molecular weight excluding hydrogens is 352 g/mol. The summed E-state index contributed by atoms with van der Waals surface area (Å²) >= 11 is 0. The normalized spacial score (nSPS) is 17.5. The van der Waals surface area contributed by atoms with Crippen molar-refractivity contribution in [3.8, 4) is 5.75 Å². The van der Waals surface area contributed by atoms with Gasteiger partial charge in [-0.15, -0.1) is 0 Å². The first-order valence-corrected chi connectivity index (χ1v) is 10.2. The summed E-state index contributed by atoms with van der Waals surface area (Å²) in [4.78, 5) is 0.257. The van der Waals surface area contributed by atoms with E-state index in [2.05, 4.69) is 10.0 Å². The van der Waals surface area contributed by atoms with Crippen molar-refractivity contribution in [1.29, 1.82) is 0 Å². The summed E-state index contributed by atoms with van der Waals surface area (Å²) in [7, 11) is -3.51. The number of ether oxygens (including phenoxy) is 1.